The third-order valence-corrected chi connectivity index (χ3v) is 5.13. The number of unbranched alkanes of at least 4 members (excludes halogenated alkanes) is 2. The Kier molecular flexibility index (Phi) is 6.06. The highest BCUT2D eigenvalue weighted by atomic mass is 32.2. The SMILES string of the molecule is CCCCCC(C)NCC1(SC)CCC1. The van der Waals surface area contributed by atoms with Gasteiger partial charge in [0.2, 0.25) is 0 Å². The zero-order valence-electron chi connectivity index (χ0n) is 10.6. The molecule has 0 spiro atoms. The van der Waals surface area contributed by atoms with Crippen molar-refractivity contribution in [2.45, 2.75) is 69.6 Å². The molecule has 0 radical (unpaired) electrons. The molecule has 1 nitrogen and oxygen atoms in total. The Hall–Kier alpha value is 0.310. The maximum absolute atomic E-state index is 3.71. The monoisotopic (exact) mass is 229 g/mol. The van der Waals surface area contributed by atoms with Gasteiger partial charge in [0, 0.05) is 17.3 Å². The van der Waals surface area contributed by atoms with Crippen molar-refractivity contribution in [3.63, 3.8) is 0 Å². The lowest BCUT2D eigenvalue weighted by molar-refractivity contribution is 0.328. The van der Waals surface area contributed by atoms with Crippen LogP contribution in [0, 0.1) is 0 Å². The number of rotatable bonds is 8. The first-order valence-electron chi connectivity index (χ1n) is 6.51. The standard InChI is InChI=1S/C13H27NS/c1-4-5-6-8-12(2)14-11-13(15-3)9-7-10-13/h12,14H,4-11H2,1-3H3. The first-order valence-corrected chi connectivity index (χ1v) is 7.73. The minimum atomic E-state index is 0.596. The highest BCUT2D eigenvalue weighted by molar-refractivity contribution is 8.00. The Bertz CT molecular complexity index is 160. The third kappa shape index (κ3) is 4.36. The quantitative estimate of drug-likeness (QED) is 0.635. The number of hydrogen-bond donors (Lipinski definition) is 1. The van der Waals surface area contributed by atoms with Crippen LogP contribution in [0.1, 0.15) is 58.8 Å². The highest BCUT2D eigenvalue weighted by Gasteiger charge is 2.35. The molecule has 0 saturated heterocycles. The topological polar surface area (TPSA) is 12.0 Å². The van der Waals surface area contributed by atoms with Gasteiger partial charge in [0.1, 0.15) is 0 Å². The highest BCUT2D eigenvalue weighted by Crippen LogP contribution is 2.42. The summed E-state index contributed by atoms with van der Waals surface area (Å²) in [6.45, 7) is 5.83. The molecule has 0 amide bonds. The molecule has 0 aliphatic heterocycles. The van der Waals surface area contributed by atoms with Crippen molar-refractivity contribution >= 4 is 11.8 Å². The summed E-state index contributed by atoms with van der Waals surface area (Å²) < 4.78 is 0.596. The van der Waals surface area contributed by atoms with E-state index in [-0.39, 0.29) is 0 Å². The maximum Gasteiger partial charge on any atom is 0.0281 e. The number of thioether (sulfide) groups is 1. The molecule has 1 aliphatic rings. The summed E-state index contributed by atoms with van der Waals surface area (Å²) >= 11 is 2.07. The van der Waals surface area contributed by atoms with E-state index in [0.29, 0.717) is 10.8 Å². The summed E-state index contributed by atoms with van der Waals surface area (Å²) in [5, 5.41) is 3.71. The first kappa shape index (κ1) is 13.4. The third-order valence-electron chi connectivity index (χ3n) is 3.71. The second kappa shape index (κ2) is 6.80. The lowest BCUT2D eigenvalue weighted by Crippen LogP contribution is -2.45. The van der Waals surface area contributed by atoms with E-state index in [9.17, 15) is 0 Å². The summed E-state index contributed by atoms with van der Waals surface area (Å²) in [5.41, 5.74) is 0. The van der Waals surface area contributed by atoms with Crippen LogP contribution in [0.3, 0.4) is 0 Å². The van der Waals surface area contributed by atoms with Gasteiger partial charge >= 0.3 is 0 Å². The smallest absolute Gasteiger partial charge is 0.0281 e. The van der Waals surface area contributed by atoms with E-state index >= 15 is 0 Å². The van der Waals surface area contributed by atoms with Crippen molar-refractivity contribution in [2.24, 2.45) is 0 Å². The van der Waals surface area contributed by atoms with Crippen LogP contribution in [0.5, 0.6) is 0 Å². The summed E-state index contributed by atoms with van der Waals surface area (Å²) in [7, 11) is 0. The molecule has 0 aromatic rings. The Morgan fingerprint density at radius 1 is 1.33 bits per heavy atom. The van der Waals surface area contributed by atoms with Crippen LogP contribution in [0.25, 0.3) is 0 Å². The zero-order valence-corrected chi connectivity index (χ0v) is 11.5. The van der Waals surface area contributed by atoms with Gasteiger partial charge in [0.15, 0.2) is 0 Å². The van der Waals surface area contributed by atoms with Crippen molar-refractivity contribution in [2.75, 3.05) is 12.8 Å². The van der Waals surface area contributed by atoms with Gasteiger partial charge in [-0.3, -0.25) is 0 Å². The molecular weight excluding hydrogens is 202 g/mol. The van der Waals surface area contributed by atoms with Gasteiger partial charge in [-0.1, -0.05) is 32.6 Å². The average Bonchev–Trinajstić information content (AvgIpc) is 2.17. The molecule has 90 valence electrons. The van der Waals surface area contributed by atoms with Gasteiger partial charge in [-0.15, -0.1) is 0 Å². The van der Waals surface area contributed by atoms with Crippen LogP contribution in [-0.2, 0) is 0 Å². The van der Waals surface area contributed by atoms with Gasteiger partial charge in [-0.05, 0) is 32.4 Å². The van der Waals surface area contributed by atoms with Gasteiger partial charge in [-0.2, -0.15) is 11.8 Å². The fourth-order valence-corrected chi connectivity index (χ4v) is 3.11. The van der Waals surface area contributed by atoms with E-state index in [1.807, 2.05) is 0 Å². The van der Waals surface area contributed by atoms with E-state index in [0.717, 1.165) is 0 Å². The molecule has 0 bridgehead atoms. The molecule has 1 N–H and O–H groups in total. The second-order valence-corrected chi connectivity index (χ2v) is 6.29. The van der Waals surface area contributed by atoms with E-state index in [4.69, 9.17) is 0 Å². The fraction of sp³-hybridized carbons (Fsp3) is 1.00. The summed E-state index contributed by atoms with van der Waals surface area (Å²) in [6, 6.07) is 0.709. The lowest BCUT2D eigenvalue weighted by atomic mass is 9.84. The van der Waals surface area contributed by atoms with Gasteiger partial charge in [-0.25, -0.2) is 0 Å². The molecule has 2 heteroatoms. The first-order chi connectivity index (χ1) is 7.22. The van der Waals surface area contributed by atoms with Crippen molar-refractivity contribution in [1.82, 2.24) is 5.32 Å². The van der Waals surface area contributed by atoms with Crippen LogP contribution >= 0.6 is 11.8 Å². The second-order valence-electron chi connectivity index (χ2n) is 5.02. The normalized spacial score (nSPS) is 21.0. The summed E-state index contributed by atoms with van der Waals surface area (Å²) in [6.07, 6.45) is 12.0. The largest absolute Gasteiger partial charge is 0.313 e. The minimum Gasteiger partial charge on any atom is -0.313 e. The van der Waals surface area contributed by atoms with E-state index < -0.39 is 0 Å². The van der Waals surface area contributed by atoms with Crippen molar-refractivity contribution < 1.29 is 0 Å². The molecule has 0 aromatic carbocycles. The molecule has 15 heavy (non-hydrogen) atoms. The predicted octanol–water partition coefficient (Wildman–Crippen LogP) is 3.83. The Balaban J connectivity index is 2.07. The average molecular weight is 229 g/mol. The predicted molar refractivity (Wildman–Crippen MR) is 71.7 cm³/mol. The molecule has 1 unspecified atom stereocenters. The Morgan fingerprint density at radius 2 is 2.07 bits per heavy atom. The molecule has 1 aliphatic carbocycles. The van der Waals surface area contributed by atoms with Crippen molar-refractivity contribution in [1.29, 1.82) is 0 Å². The Labute approximate surface area is 99.8 Å². The van der Waals surface area contributed by atoms with Crippen LogP contribution in [0.4, 0.5) is 0 Å². The maximum atomic E-state index is 3.71. The molecule has 0 aromatic heterocycles. The van der Waals surface area contributed by atoms with Crippen LogP contribution in [-0.4, -0.2) is 23.6 Å². The molecular formula is C13H27NS. The van der Waals surface area contributed by atoms with Crippen LogP contribution < -0.4 is 5.32 Å². The van der Waals surface area contributed by atoms with Gasteiger partial charge in [0.05, 0.1) is 0 Å². The van der Waals surface area contributed by atoms with E-state index in [2.05, 4.69) is 37.2 Å². The lowest BCUT2D eigenvalue weighted by Gasteiger charge is -2.41. The zero-order chi connectivity index (χ0) is 11.1. The molecule has 1 rings (SSSR count). The van der Waals surface area contributed by atoms with Gasteiger partial charge < -0.3 is 5.32 Å². The molecule has 0 heterocycles. The van der Waals surface area contributed by atoms with Crippen LogP contribution in [0.15, 0.2) is 0 Å². The molecule has 1 saturated carbocycles. The van der Waals surface area contributed by atoms with E-state index in [1.54, 1.807) is 0 Å². The summed E-state index contributed by atoms with van der Waals surface area (Å²) in [4.78, 5) is 0. The number of hydrogen-bond acceptors (Lipinski definition) is 2. The number of nitrogens with one attached hydrogen (secondary N) is 1. The van der Waals surface area contributed by atoms with Crippen LogP contribution in [0.2, 0.25) is 0 Å². The molecule has 1 fully saturated rings. The van der Waals surface area contributed by atoms with Gasteiger partial charge in [0.25, 0.3) is 0 Å². The van der Waals surface area contributed by atoms with Crippen molar-refractivity contribution in [3.05, 3.63) is 0 Å². The molecule has 1 atom stereocenters. The Morgan fingerprint density at radius 3 is 2.53 bits per heavy atom. The fourth-order valence-electron chi connectivity index (χ4n) is 2.19. The summed E-state index contributed by atoms with van der Waals surface area (Å²) in [5.74, 6) is 0. The van der Waals surface area contributed by atoms with Crippen molar-refractivity contribution in [3.8, 4) is 0 Å². The minimum absolute atomic E-state index is 0.596. The van der Waals surface area contributed by atoms with E-state index in [1.165, 1.54) is 51.5 Å².